The Kier molecular flexibility index (Phi) is 6.03. The van der Waals surface area contributed by atoms with Crippen molar-refractivity contribution in [3.05, 3.63) is 69.8 Å². The predicted molar refractivity (Wildman–Crippen MR) is 109 cm³/mol. The van der Waals surface area contributed by atoms with Gasteiger partial charge in [0, 0.05) is 5.56 Å². The zero-order valence-electron chi connectivity index (χ0n) is 15.7. The molecule has 1 radical (unpaired) electrons. The van der Waals surface area contributed by atoms with E-state index in [2.05, 4.69) is 17.1 Å². The molecule has 5 heteroatoms. The Hall–Kier alpha value is -2.24. The van der Waals surface area contributed by atoms with Crippen molar-refractivity contribution >= 4 is 11.3 Å². The first-order valence-corrected chi connectivity index (χ1v) is 10.5. The van der Waals surface area contributed by atoms with Crippen LogP contribution < -0.4 is 4.74 Å². The maximum absolute atomic E-state index is 13.2. The van der Waals surface area contributed by atoms with Crippen LogP contribution in [0.5, 0.6) is 5.75 Å². The van der Waals surface area contributed by atoms with Gasteiger partial charge in [0.1, 0.15) is 23.2 Å². The van der Waals surface area contributed by atoms with Crippen molar-refractivity contribution in [3.63, 3.8) is 0 Å². The number of benzene rings is 2. The number of hydrogen-bond donors (Lipinski definition) is 1. The van der Waals surface area contributed by atoms with Crippen molar-refractivity contribution in [3.8, 4) is 17.0 Å². The molecule has 0 aliphatic heterocycles. The van der Waals surface area contributed by atoms with Crippen LogP contribution in [0, 0.1) is 11.9 Å². The minimum atomic E-state index is -0.284. The molecule has 145 valence electrons. The molecule has 0 saturated heterocycles. The van der Waals surface area contributed by atoms with Crippen LogP contribution in [0.25, 0.3) is 11.3 Å². The van der Waals surface area contributed by atoms with Crippen LogP contribution in [0.4, 0.5) is 4.39 Å². The lowest BCUT2D eigenvalue weighted by molar-refractivity contribution is 0.281. The van der Waals surface area contributed by atoms with Crippen molar-refractivity contribution in [1.82, 2.24) is 4.98 Å². The van der Waals surface area contributed by atoms with E-state index in [-0.39, 0.29) is 12.4 Å². The monoisotopic (exact) mass is 396 g/mol. The minimum Gasteiger partial charge on any atom is -0.488 e. The zero-order valence-corrected chi connectivity index (χ0v) is 16.5. The van der Waals surface area contributed by atoms with E-state index >= 15 is 0 Å². The first-order chi connectivity index (χ1) is 13.7. The topological polar surface area (TPSA) is 42.4 Å². The van der Waals surface area contributed by atoms with Gasteiger partial charge >= 0.3 is 0 Å². The molecule has 0 amide bonds. The Morgan fingerprint density at radius 1 is 1.11 bits per heavy atom. The fraction of sp³-hybridized carbons (Fsp3) is 0.348. The van der Waals surface area contributed by atoms with Gasteiger partial charge in [0.25, 0.3) is 0 Å². The van der Waals surface area contributed by atoms with E-state index in [1.165, 1.54) is 61.1 Å². The van der Waals surface area contributed by atoms with Crippen molar-refractivity contribution in [1.29, 1.82) is 0 Å². The van der Waals surface area contributed by atoms with Crippen LogP contribution in [-0.2, 0) is 13.2 Å². The second kappa shape index (κ2) is 8.84. The van der Waals surface area contributed by atoms with Crippen molar-refractivity contribution < 1.29 is 14.2 Å². The number of thiazole rings is 1. The van der Waals surface area contributed by atoms with Crippen molar-refractivity contribution in [2.24, 2.45) is 0 Å². The molecule has 1 heterocycles. The van der Waals surface area contributed by atoms with Gasteiger partial charge in [-0.3, -0.25) is 0 Å². The Bertz CT molecular complexity index is 899. The summed E-state index contributed by atoms with van der Waals surface area (Å²) in [6.07, 6.45) is 6.47. The lowest BCUT2D eigenvalue weighted by atomic mass is 9.84. The van der Waals surface area contributed by atoms with Crippen LogP contribution in [-0.4, -0.2) is 10.1 Å². The highest BCUT2D eigenvalue weighted by molar-refractivity contribution is 7.12. The molecule has 1 fully saturated rings. The number of hydrogen-bond acceptors (Lipinski definition) is 4. The van der Waals surface area contributed by atoms with Gasteiger partial charge in [0.15, 0.2) is 0 Å². The Balaban J connectivity index is 1.47. The summed E-state index contributed by atoms with van der Waals surface area (Å²) in [5, 5.41) is 10.1. The Morgan fingerprint density at radius 2 is 1.89 bits per heavy atom. The third-order valence-corrected chi connectivity index (χ3v) is 6.23. The normalized spacial score (nSPS) is 14.9. The first-order valence-electron chi connectivity index (χ1n) is 9.73. The van der Waals surface area contributed by atoms with Gasteiger partial charge in [0.05, 0.1) is 17.2 Å². The Morgan fingerprint density at radius 3 is 2.57 bits per heavy atom. The summed E-state index contributed by atoms with van der Waals surface area (Å²) in [5.41, 5.74) is 2.83. The van der Waals surface area contributed by atoms with E-state index in [1.807, 2.05) is 12.1 Å². The van der Waals surface area contributed by atoms with E-state index in [0.29, 0.717) is 17.5 Å². The number of aromatic nitrogens is 1. The number of nitrogens with zero attached hydrogens (tertiary/aromatic N) is 1. The number of ether oxygens (including phenoxy) is 1. The molecule has 1 N–H and O–H groups in total. The lowest BCUT2D eigenvalue weighted by Gasteiger charge is -2.21. The molecule has 0 unspecified atom stereocenters. The van der Waals surface area contributed by atoms with E-state index < -0.39 is 0 Å². The molecule has 0 atom stereocenters. The maximum atomic E-state index is 13.2. The summed E-state index contributed by atoms with van der Waals surface area (Å²) in [5.74, 6) is 1.11. The van der Waals surface area contributed by atoms with Crippen LogP contribution in [0.2, 0.25) is 0 Å². The lowest BCUT2D eigenvalue weighted by Crippen LogP contribution is -2.04. The van der Waals surface area contributed by atoms with E-state index in [0.717, 1.165) is 21.9 Å². The number of aliphatic hydroxyl groups is 1. The Labute approximate surface area is 168 Å². The zero-order chi connectivity index (χ0) is 19.3. The average Bonchev–Trinajstić information content (AvgIpc) is 3.17. The number of halogens is 1. The quantitative estimate of drug-likeness (QED) is 0.567. The highest BCUT2D eigenvalue weighted by Gasteiger charge is 2.16. The van der Waals surface area contributed by atoms with Gasteiger partial charge in [-0.25, -0.2) is 9.37 Å². The largest absolute Gasteiger partial charge is 0.488 e. The third kappa shape index (κ3) is 4.42. The minimum absolute atomic E-state index is 0.122. The molecule has 2 aromatic carbocycles. The molecule has 0 spiro atoms. The van der Waals surface area contributed by atoms with Crippen LogP contribution in [0.1, 0.15) is 53.5 Å². The predicted octanol–water partition coefficient (Wildman–Crippen LogP) is 5.87. The second-order valence-electron chi connectivity index (χ2n) is 7.15. The molecule has 0 bridgehead atoms. The van der Waals surface area contributed by atoms with Gasteiger partial charge in [0.2, 0.25) is 0 Å². The molecule has 28 heavy (non-hydrogen) atoms. The van der Waals surface area contributed by atoms with E-state index in [4.69, 9.17) is 4.74 Å². The van der Waals surface area contributed by atoms with E-state index in [1.54, 1.807) is 12.1 Å². The molecule has 4 rings (SSSR count). The summed E-state index contributed by atoms with van der Waals surface area (Å²) in [4.78, 5) is 5.38. The molecule has 1 aliphatic rings. The third-order valence-electron chi connectivity index (χ3n) is 5.22. The van der Waals surface area contributed by atoms with Crippen LogP contribution in [0.3, 0.4) is 0 Å². The molecule has 1 aromatic heterocycles. The smallest absolute Gasteiger partial charge is 0.125 e. The average molecular weight is 397 g/mol. The van der Waals surface area contributed by atoms with Gasteiger partial charge in [-0.1, -0.05) is 25.3 Å². The summed E-state index contributed by atoms with van der Waals surface area (Å²) >= 11 is 1.41. The van der Waals surface area contributed by atoms with Crippen LogP contribution >= 0.6 is 11.3 Å². The SMILES string of the molecule is OCc1nc(-c2ccc(F)cc2)c(COc2c[c]c(C3CCCCC3)cc2)s1. The van der Waals surface area contributed by atoms with Gasteiger partial charge < -0.3 is 9.84 Å². The van der Waals surface area contributed by atoms with Crippen LogP contribution in [0.15, 0.2) is 42.5 Å². The van der Waals surface area contributed by atoms with Crippen molar-refractivity contribution in [2.45, 2.75) is 51.2 Å². The number of rotatable bonds is 6. The molecule has 1 saturated carbocycles. The molecular weight excluding hydrogens is 373 g/mol. The van der Waals surface area contributed by atoms with E-state index in [9.17, 15) is 9.50 Å². The highest BCUT2D eigenvalue weighted by atomic mass is 32.1. The molecule has 3 nitrogen and oxygen atoms in total. The highest BCUT2D eigenvalue weighted by Crippen LogP contribution is 2.34. The summed E-state index contributed by atoms with van der Waals surface area (Å²) < 4.78 is 19.2. The summed E-state index contributed by atoms with van der Waals surface area (Å²) in [6, 6.07) is 15.7. The first kappa shape index (κ1) is 19.1. The second-order valence-corrected chi connectivity index (χ2v) is 8.32. The van der Waals surface area contributed by atoms with Gasteiger partial charge in [-0.05, 0) is 66.8 Å². The number of aliphatic hydroxyl groups excluding tert-OH is 1. The van der Waals surface area contributed by atoms with Crippen molar-refractivity contribution in [2.75, 3.05) is 0 Å². The fourth-order valence-corrected chi connectivity index (χ4v) is 4.59. The summed E-state index contributed by atoms with van der Waals surface area (Å²) in [6.45, 7) is 0.226. The van der Waals surface area contributed by atoms with Gasteiger partial charge in [-0.2, -0.15) is 0 Å². The molecular formula is C23H23FNO2S. The molecule has 3 aromatic rings. The fourth-order valence-electron chi connectivity index (χ4n) is 3.73. The maximum Gasteiger partial charge on any atom is 0.125 e. The standard InChI is InChI=1S/C23H23FNO2S/c24-19-10-6-18(7-11-19)23-21(28-22(14-26)25-23)15-27-20-12-8-17(9-13-20)16-4-2-1-3-5-16/h6-8,10-13,16,26H,1-5,14-15H2. The summed E-state index contributed by atoms with van der Waals surface area (Å²) in [7, 11) is 0. The van der Waals surface area contributed by atoms with Gasteiger partial charge in [-0.15, -0.1) is 11.3 Å². The molecule has 1 aliphatic carbocycles.